The Bertz CT molecular complexity index is 681. The number of benzene rings is 1. The Kier molecular flexibility index (Phi) is 5.02. The Morgan fingerprint density at radius 1 is 1.42 bits per heavy atom. The fourth-order valence-corrected chi connectivity index (χ4v) is 2.13. The molecule has 1 aromatic rings. The van der Waals surface area contributed by atoms with Gasteiger partial charge >= 0.3 is 6.09 Å². The Morgan fingerprint density at radius 3 is 2.67 bits per heavy atom. The van der Waals surface area contributed by atoms with E-state index in [-0.39, 0.29) is 11.3 Å². The predicted octanol–water partition coefficient (Wildman–Crippen LogP) is 2.09. The number of nitrogens with two attached hydrogens (primary N) is 1. The number of rotatable bonds is 7. The third-order valence-electron chi connectivity index (χ3n) is 3.54. The van der Waals surface area contributed by atoms with Crippen LogP contribution < -0.4 is 15.8 Å². The molecule has 127 valence electrons. The maximum absolute atomic E-state index is 14.1. The number of hydrogen-bond donors (Lipinski definition) is 2. The number of halogens is 2. The van der Waals surface area contributed by atoms with Crippen LogP contribution in [0.2, 0.25) is 0 Å². The minimum Gasteiger partial charge on any atom is -0.410 e. The maximum Gasteiger partial charge on any atom is 0.409 e. The van der Waals surface area contributed by atoms with Gasteiger partial charge < -0.3 is 15.8 Å². The molecule has 1 saturated carbocycles. The standard InChI is InChI=1S/C16H16F2N3O3/c17-16(18,6-5-13(22)21-15(10-19)7-8-15)9-11-3-1-2-4-12(11)24-14(20)23/h1-5H,6-9H2,(H2,20,23)(H,21,22). The summed E-state index contributed by atoms with van der Waals surface area (Å²) >= 11 is 0. The average Bonchev–Trinajstić information content (AvgIpc) is 3.27. The SMILES string of the molecule is N#CC1(NC(=O)[CH]CC(F)(F)Cc2ccccc2OC(N)=O)CC1. The Labute approximate surface area is 137 Å². The summed E-state index contributed by atoms with van der Waals surface area (Å²) in [6.45, 7) is 0. The highest BCUT2D eigenvalue weighted by atomic mass is 19.3. The van der Waals surface area contributed by atoms with Crippen LogP contribution in [0.15, 0.2) is 24.3 Å². The van der Waals surface area contributed by atoms with Gasteiger partial charge in [-0.05, 0) is 18.9 Å². The van der Waals surface area contributed by atoms with Crippen molar-refractivity contribution in [1.82, 2.24) is 5.32 Å². The predicted molar refractivity (Wildman–Crippen MR) is 79.9 cm³/mol. The molecule has 6 nitrogen and oxygen atoms in total. The highest BCUT2D eigenvalue weighted by molar-refractivity contribution is 5.86. The minimum atomic E-state index is -3.22. The smallest absolute Gasteiger partial charge is 0.409 e. The summed E-state index contributed by atoms with van der Waals surface area (Å²) in [5.74, 6) is -3.97. The summed E-state index contributed by atoms with van der Waals surface area (Å²) in [4.78, 5) is 22.4. The number of alkyl halides is 2. The third kappa shape index (κ3) is 4.91. The lowest BCUT2D eigenvalue weighted by Crippen LogP contribution is -2.37. The zero-order valence-electron chi connectivity index (χ0n) is 12.7. The van der Waals surface area contributed by atoms with E-state index >= 15 is 0 Å². The van der Waals surface area contributed by atoms with Crippen molar-refractivity contribution in [2.24, 2.45) is 5.73 Å². The third-order valence-corrected chi connectivity index (χ3v) is 3.54. The number of nitriles is 1. The first-order valence-electron chi connectivity index (χ1n) is 7.25. The van der Waals surface area contributed by atoms with E-state index in [9.17, 15) is 18.4 Å². The number of nitrogens with one attached hydrogen (secondary N) is 1. The number of primary amides is 1. The second-order valence-electron chi connectivity index (χ2n) is 5.65. The molecule has 0 aromatic heterocycles. The summed E-state index contributed by atoms with van der Waals surface area (Å²) in [5.41, 5.74) is 4.10. The Balaban J connectivity index is 1.92. The number of carbonyl (C=O) groups excluding carboxylic acids is 2. The first kappa shape index (κ1) is 17.7. The molecule has 2 rings (SSSR count). The first-order chi connectivity index (χ1) is 11.3. The summed E-state index contributed by atoms with van der Waals surface area (Å²) in [5, 5.41) is 11.3. The van der Waals surface area contributed by atoms with Gasteiger partial charge in [0.1, 0.15) is 11.3 Å². The molecule has 0 unspecified atom stereocenters. The molecule has 0 saturated heterocycles. The summed E-state index contributed by atoms with van der Waals surface area (Å²) < 4.78 is 32.8. The van der Waals surface area contributed by atoms with Gasteiger partial charge in [0.2, 0.25) is 5.91 Å². The minimum absolute atomic E-state index is 0.0458. The molecule has 1 aliphatic carbocycles. The van der Waals surface area contributed by atoms with Gasteiger partial charge in [-0.25, -0.2) is 13.6 Å². The normalized spacial score (nSPS) is 15.2. The summed E-state index contributed by atoms with van der Waals surface area (Å²) in [7, 11) is 0. The fourth-order valence-electron chi connectivity index (χ4n) is 2.13. The van der Waals surface area contributed by atoms with Crippen LogP contribution in [0, 0.1) is 17.8 Å². The zero-order chi connectivity index (χ0) is 17.8. The van der Waals surface area contributed by atoms with Crippen LogP contribution in [-0.2, 0) is 11.2 Å². The molecule has 24 heavy (non-hydrogen) atoms. The van der Waals surface area contributed by atoms with Crippen molar-refractivity contribution in [2.75, 3.05) is 0 Å². The molecule has 0 heterocycles. The number of para-hydroxylation sites is 1. The van der Waals surface area contributed by atoms with Crippen molar-refractivity contribution >= 4 is 12.0 Å². The molecule has 0 spiro atoms. The van der Waals surface area contributed by atoms with Crippen molar-refractivity contribution in [3.05, 3.63) is 36.2 Å². The van der Waals surface area contributed by atoms with Crippen molar-refractivity contribution in [2.45, 2.75) is 37.1 Å². The number of hydrogen-bond acceptors (Lipinski definition) is 4. The summed E-state index contributed by atoms with van der Waals surface area (Å²) in [6.07, 6.45) is -0.735. The van der Waals surface area contributed by atoms with Crippen molar-refractivity contribution in [1.29, 1.82) is 5.26 Å². The number of ether oxygens (including phenoxy) is 1. The van der Waals surface area contributed by atoms with Crippen molar-refractivity contribution < 1.29 is 23.1 Å². The van der Waals surface area contributed by atoms with Crippen LogP contribution in [0.5, 0.6) is 5.75 Å². The Morgan fingerprint density at radius 2 is 2.08 bits per heavy atom. The molecule has 3 N–H and O–H groups in total. The molecule has 0 aliphatic heterocycles. The van der Waals surface area contributed by atoms with Gasteiger partial charge in [-0.15, -0.1) is 0 Å². The maximum atomic E-state index is 14.1. The van der Waals surface area contributed by atoms with Crippen LogP contribution in [0.4, 0.5) is 13.6 Å². The van der Waals surface area contributed by atoms with Gasteiger partial charge in [0.05, 0.1) is 12.5 Å². The van der Waals surface area contributed by atoms with Crippen molar-refractivity contribution in [3.63, 3.8) is 0 Å². The van der Waals surface area contributed by atoms with Gasteiger partial charge in [0.25, 0.3) is 5.92 Å². The monoisotopic (exact) mass is 336 g/mol. The van der Waals surface area contributed by atoms with E-state index in [0.29, 0.717) is 12.8 Å². The summed E-state index contributed by atoms with van der Waals surface area (Å²) in [6, 6.07) is 7.75. The quantitative estimate of drug-likeness (QED) is 0.795. The van der Waals surface area contributed by atoms with Crippen LogP contribution in [0.1, 0.15) is 24.8 Å². The lowest BCUT2D eigenvalue weighted by molar-refractivity contribution is -0.119. The molecule has 1 fully saturated rings. The van der Waals surface area contributed by atoms with Gasteiger partial charge in [-0.1, -0.05) is 18.2 Å². The number of amides is 2. The highest BCUT2D eigenvalue weighted by Crippen LogP contribution is 2.35. The molecule has 1 radical (unpaired) electrons. The number of nitrogens with zero attached hydrogens (tertiary/aromatic N) is 1. The van der Waals surface area contributed by atoms with E-state index in [4.69, 9.17) is 11.0 Å². The van der Waals surface area contributed by atoms with Crippen LogP contribution in [0.25, 0.3) is 0 Å². The van der Waals surface area contributed by atoms with Gasteiger partial charge in [0, 0.05) is 18.4 Å². The first-order valence-corrected chi connectivity index (χ1v) is 7.25. The average molecular weight is 336 g/mol. The van der Waals surface area contributed by atoms with Crippen molar-refractivity contribution in [3.8, 4) is 11.8 Å². The topological polar surface area (TPSA) is 105 Å². The second kappa shape index (κ2) is 6.83. The van der Waals surface area contributed by atoms with E-state index in [1.165, 1.54) is 24.3 Å². The lowest BCUT2D eigenvalue weighted by Gasteiger charge is -2.18. The van der Waals surface area contributed by atoms with E-state index in [0.717, 1.165) is 6.42 Å². The number of carbonyl (C=O) groups is 2. The van der Waals surface area contributed by atoms with E-state index < -0.39 is 36.3 Å². The van der Waals surface area contributed by atoms with Gasteiger partial charge in [0.15, 0.2) is 0 Å². The van der Waals surface area contributed by atoms with Gasteiger partial charge in [-0.2, -0.15) is 5.26 Å². The molecule has 0 bridgehead atoms. The van der Waals surface area contributed by atoms with E-state index in [1.807, 2.05) is 6.07 Å². The molecule has 8 heteroatoms. The molecular formula is C16H16F2N3O3. The molecule has 1 aliphatic rings. The van der Waals surface area contributed by atoms with Crippen LogP contribution in [-0.4, -0.2) is 23.5 Å². The van der Waals surface area contributed by atoms with E-state index in [1.54, 1.807) is 0 Å². The Hall–Kier alpha value is -2.69. The molecule has 2 amide bonds. The van der Waals surface area contributed by atoms with E-state index in [2.05, 4.69) is 10.1 Å². The second-order valence-corrected chi connectivity index (χ2v) is 5.65. The van der Waals surface area contributed by atoms with Crippen LogP contribution >= 0.6 is 0 Å². The largest absolute Gasteiger partial charge is 0.410 e. The molecule has 0 atom stereocenters. The fraction of sp³-hybridized carbons (Fsp3) is 0.375. The highest BCUT2D eigenvalue weighted by Gasteiger charge is 2.44. The van der Waals surface area contributed by atoms with Gasteiger partial charge in [-0.3, -0.25) is 4.79 Å². The lowest BCUT2D eigenvalue weighted by atomic mass is 10.0. The van der Waals surface area contributed by atoms with Crippen LogP contribution in [0.3, 0.4) is 0 Å². The molecule has 1 aromatic carbocycles. The zero-order valence-corrected chi connectivity index (χ0v) is 12.7. The molecular weight excluding hydrogens is 320 g/mol.